The Labute approximate surface area is 236 Å². The lowest BCUT2D eigenvalue weighted by molar-refractivity contribution is -0.189. The number of ether oxygens (including phenoxy) is 5. The van der Waals surface area contributed by atoms with Crippen molar-refractivity contribution in [2.24, 2.45) is 0 Å². The topological polar surface area (TPSA) is 110 Å². The maximum Gasteiger partial charge on any atom is 0.336 e. The molecule has 212 valence electrons. The molecule has 0 bridgehead atoms. The first-order valence-electron chi connectivity index (χ1n) is 13.1. The molecule has 2 atom stereocenters. The number of rotatable bonds is 8. The van der Waals surface area contributed by atoms with Crippen molar-refractivity contribution in [3.05, 3.63) is 99.9 Å². The molecule has 5 rings (SSSR count). The minimum Gasteiger partial charge on any atom is -0.497 e. The van der Waals surface area contributed by atoms with E-state index in [-0.39, 0.29) is 18.4 Å². The second kappa shape index (κ2) is 11.4. The molecule has 41 heavy (non-hydrogen) atoms. The molecule has 3 aromatic carbocycles. The van der Waals surface area contributed by atoms with Crippen LogP contribution in [0.15, 0.2) is 82.0 Å². The number of methoxy groups -OCH3 is 2. The van der Waals surface area contributed by atoms with Gasteiger partial charge in [0.15, 0.2) is 12.2 Å². The summed E-state index contributed by atoms with van der Waals surface area (Å²) in [4.78, 5) is 38.7. The molecule has 0 radical (unpaired) electrons. The van der Waals surface area contributed by atoms with E-state index in [2.05, 4.69) is 0 Å². The van der Waals surface area contributed by atoms with Crippen LogP contribution in [-0.4, -0.2) is 37.9 Å². The smallest absolute Gasteiger partial charge is 0.336 e. The largest absolute Gasteiger partial charge is 0.497 e. The molecule has 0 fully saturated rings. The van der Waals surface area contributed by atoms with Crippen LogP contribution in [0.1, 0.15) is 36.6 Å². The minimum atomic E-state index is -1.12. The summed E-state index contributed by atoms with van der Waals surface area (Å²) in [6.07, 6.45) is -2.25. The van der Waals surface area contributed by atoms with Gasteiger partial charge in [-0.15, -0.1) is 0 Å². The fourth-order valence-corrected chi connectivity index (χ4v) is 4.86. The molecule has 0 N–H and O–H groups in total. The number of hydrogen-bond donors (Lipinski definition) is 0. The Morgan fingerprint density at radius 2 is 1.29 bits per heavy atom. The lowest BCUT2D eigenvalue weighted by atomic mass is 9.87. The molecule has 0 amide bonds. The summed E-state index contributed by atoms with van der Waals surface area (Å²) in [6.45, 7) is 3.49. The Bertz CT molecular complexity index is 1620. The quantitative estimate of drug-likeness (QED) is 0.219. The van der Waals surface area contributed by atoms with Crippen molar-refractivity contribution >= 4 is 22.9 Å². The zero-order valence-electron chi connectivity index (χ0n) is 23.2. The van der Waals surface area contributed by atoms with Crippen LogP contribution in [0.25, 0.3) is 11.0 Å². The van der Waals surface area contributed by atoms with Crippen molar-refractivity contribution in [3.8, 4) is 17.2 Å². The Balaban J connectivity index is 1.49. The first-order valence-corrected chi connectivity index (χ1v) is 13.1. The molecule has 4 aromatic rings. The van der Waals surface area contributed by atoms with Gasteiger partial charge in [0.05, 0.1) is 32.6 Å². The van der Waals surface area contributed by atoms with E-state index in [0.29, 0.717) is 33.8 Å². The minimum absolute atomic E-state index is 0.0272. The Morgan fingerprint density at radius 3 is 1.85 bits per heavy atom. The number of hydrogen-bond acceptors (Lipinski definition) is 9. The molecule has 0 saturated carbocycles. The third-order valence-electron chi connectivity index (χ3n) is 6.94. The Kier molecular flexibility index (Phi) is 7.70. The van der Waals surface area contributed by atoms with E-state index in [1.165, 1.54) is 6.07 Å². The van der Waals surface area contributed by atoms with Crippen LogP contribution in [0, 0.1) is 0 Å². The van der Waals surface area contributed by atoms with Gasteiger partial charge in [0.25, 0.3) is 0 Å². The predicted octanol–water partition coefficient (Wildman–Crippen LogP) is 4.96. The summed E-state index contributed by atoms with van der Waals surface area (Å²) < 4.78 is 34.2. The maximum atomic E-state index is 13.3. The summed E-state index contributed by atoms with van der Waals surface area (Å²) >= 11 is 0. The number of carbonyl (C=O) groups is 2. The molecule has 2 heterocycles. The van der Waals surface area contributed by atoms with Crippen LogP contribution in [0.2, 0.25) is 0 Å². The average Bonchev–Trinajstić information content (AvgIpc) is 2.95. The van der Waals surface area contributed by atoms with Crippen molar-refractivity contribution in [2.45, 2.75) is 44.5 Å². The van der Waals surface area contributed by atoms with E-state index in [4.69, 9.17) is 28.1 Å². The summed E-state index contributed by atoms with van der Waals surface area (Å²) in [6, 6.07) is 20.5. The first kappa shape index (κ1) is 27.8. The predicted molar refractivity (Wildman–Crippen MR) is 149 cm³/mol. The Morgan fingerprint density at radius 1 is 0.756 bits per heavy atom. The zero-order chi connectivity index (χ0) is 29.1. The molecular weight excluding hydrogens is 528 g/mol. The van der Waals surface area contributed by atoms with Crippen molar-refractivity contribution in [1.82, 2.24) is 0 Å². The Hall–Kier alpha value is -4.79. The van der Waals surface area contributed by atoms with Crippen molar-refractivity contribution in [3.63, 3.8) is 0 Å². The first-order chi connectivity index (χ1) is 19.7. The van der Waals surface area contributed by atoms with Crippen molar-refractivity contribution in [2.75, 3.05) is 14.2 Å². The molecule has 1 aliphatic rings. The molecule has 0 unspecified atom stereocenters. The van der Waals surface area contributed by atoms with Crippen LogP contribution < -0.4 is 19.8 Å². The van der Waals surface area contributed by atoms with Gasteiger partial charge in [-0.05, 0) is 67.4 Å². The monoisotopic (exact) mass is 558 g/mol. The lowest BCUT2D eigenvalue weighted by Gasteiger charge is -2.43. The fraction of sp³-hybridized carbons (Fsp3) is 0.281. The highest BCUT2D eigenvalue weighted by atomic mass is 16.6. The highest BCUT2D eigenvalue weighted by molar-refractivity contribution is 5.84. The van der Waals surface area contributed by atoms with Crippen LogP contribution in [0.5, 0.6) is 17.2 Å². The maximum absolute atomic E-state index is 13.3. The van der Waals surface area contributed by atoms with E-state index in [0.717, 1.165) is 5.56 Å². The van der Waals surface area contributed by atoms with E-state index < -0.39 is 35.4 Å². The average molecular weight is 559 g/mol. The van der Waals surface area contributed by atoms with Crippen LogP contribution in [-0.2, 0) is 31.9 Å². The number of carbonyl (C=O) groups excluding carboxylic acids is 2. The van der Waals surface area contributed by atoms with Crippen molar-refractivity contribution in [1.29, 1.82) is 0 Å². The van der Waals surface area contributed by atoms with Gasteiger partial charge >= 0.3 is 17.6 Å². The standard InChI is InChI=1S/C32H30O9/c1-32(2)31(40-27(35)18-20-7-13-23(37-4)14-8-20)30(39-26(34)17-19-5-11-22(36-3)12-6-19)28-24(41-32)15-9-21-10-16-25(33)38-29(21)28/h5-16,30-31H,17-18H2,1-4H3/t30-,31+/m0/s1. The second-order valence-corrected chi connectivity index (χ2v) is 10.2. The number of benzene rings is 3. The number of fused-ring (bicyclic) bond motifs is 3. The fourth-order valence-electron chi connectivity index (χ4n) is 4.86. The third-order valence-corrected chi connectivity index (χ3v) is 6.94. The van der Waals surface area contributed by atoms with Gasteiger partial charge < -0.3 is 28.1 Å². The highest BCUT2D eigenvalue weighted by Crippen LogP contribution is 2.46. The molecule has 9 nitrogen and oxygen atoms in total. The summed E-state index contributed by atoms with van der Waals surface area (Å²) in [5.74, 6) is 0.584. The lowest BCUT2D eigenvalue weighted by Crippen LogP contribution is -2.52. The van der Waals surface area contributed by atoms with Gasteiger partial charge in [-0.2, -0.15) is 0 Å². The third kappa shape index (κ3) is 6.04. The van der Waals surface area contributed by atoms with E-state index in [9.17, 15) is 14.4 Å². The normalized spacial score (nSPS) is 17.2. The highest BCUT2D eigenvalue weighted by Gasteiger charge is 2.50. The van der Waals surface area contributed by atoms with Gasteiger partial charge in [-0.3, -0.25) is 9.59 Å². The summed E-state index contributed by atoms with van der Waals surface area (Å²) in [7, 11) is 3.13. The van der Waals surface area contributed by atoms with Gasteiger partial charge in [-0.1, -0.05) is 24.3 Å². The van der Waals surface area contributed by atoms with Gasteiger partial charge in [-0.25, -0.2) is 4.79 Å². The molecular formula is C32H30O9. The molecule has 0 aliphatic carbocycles. The molecule has 1 aliphatic heterocycles. The molecule has 1 aromatic heterocycles. The van der Waals surface area contributed by atoms with E-state index >= 15 is 0 Å². The number of esters is 2. The zero-order valence-corrected chi connectivity index (χ0v) is 23.2. The summed E-state index contributed by atoms with van der Waals surface area (Å²) in [5, 5.41) is 0.603. The van der Waals surface area contributed by atoms with Crippen LogP contribution in [0.3, 0.4) is 0 Å². The van der Waals surface area contributed by atoms with E-state index in [1.807, 2.05) is 0 Å². The van der Waals surface area contributed by atoms with Crippen LogP contribution in [0.4, 0.5) is 0 Å². The van der Waals surface area contributed by atoms with E-state index in [1.54, 1.807) is 94.8 Å². The SMILES string of the molecule is COc1ccc(CC(=O)O[C@@H]2[C@@H](OC(=O)Cc3ccc(OC)cc3)c3c(ccc4ccc(=O)oc34)OC2(C)C)cc1. The second-order valence-electron chi connectivity index (χ2n) is 10.2. The molecule has 0 spiro atoms. The molecule has 9 heteroatoms. The van der Waals surface area contributed by atoms with Crippen molar-refractivity contribution < 1.29 is 37.7 Å². The van der Waals surface area contributed by atoms with Gasteiger partial charge in [0.1, 0.15) is 28.4 Å². The van der Waals surface area contributed by atoms with Gasteiger partial charge in [0.2, 0.25) is 0 Å². The van der Waals surface area contributed by atoms with Crippen LogP contribution >= 0.6 is 0 Å². The van der Waals surface area contributed by atoms with Gasteiger partial charge in [0, 0.05) is 11.5 Å². The summed E-state index contributed by atoms with van der Waals surface area (Å²) in [5.41, 5.74) is 0.270. The molecule has 0 saturated heterocycles.